The molecule has 11 aromatic rings. The van der Waals surface area contributed by atoms with Crippen LogP contribution in [0.3, 0.4) is 0 Å². The van der Waals surface area contributed by atoms with Crippen LogP contribution in [-0.4, -0.2) is 5.11 Å². The Morgan fingerprint density at radius 1 is 0.575 bits per heavy atom. The van der Waals surface area contributed by atoms with Crippen molar-refractivity contribution in [3.8, 4) is 11.1 Å². The predicted octanol–water partition coefficient (Wildman–Crippen LogP) is 24.4. The second-order valence-corrected chi connectivity index (χ2v) is 24.5. The number of allylic oxidation sites excluding steroid dienone is 7. The van der Waals surface area contributed by atoms with Gasteiger partial charge in [-0.2, -0.15) is 0 Å². The second-order valence-electron chi connectivity index (χ2n) is 24.5. The van der Waals surface area contributed by atoms with Crippen LogP contribution < -0.4 is 10.2 Å². The minimum atomic E-state index is 0.301. The van der Waals surface area contributed by atoms with Crippen molar-refractivity contribution >= 4 is 89.4 Å². The lowest BCUT2D eigenvalue weighted by Crippen LogP contribution is -2.13. The Labute approximate surface area is 516 Å². The van der Waals surface area contributed by atoms with Crippen molar-refractivity contribution in [3.05, 3.63) is 273 Å². The number of nitrogens with zero attached hydrogens (tertiary/aromatic N) is 1. The highest BCUT2D eigenvalue weighted by atomic mass is 16.3. The minimum Gasteiger partial charge on any atom is -0.512 e. The monoisotopic (exact) mass is 1140 g/mol. The molecule has 0 atom stereocenters. The van der Waals surface area contributed by atoms with Crippen LogP contribution in [0.15, 0.2) is 211 Å². The van der Waals surface area contributed by atoms with E-state index >= 15 is 0 Å². The maximum absolute atomic E-state index is 9.90. The molecule has 1 heterocycles. The van der Waals surface area contributed by atoms with E-state index in [0.29, 0.717) is 17.6 Å². The summed E-state index contributed by atoms with van der Waals surface area (Å²) in [5, 5.41) is 23.2. The number of aryl methyl sites for hydroxylation is 7. The van der Waals surface area contributed by atoms with Crippen molar-refractivity contribution in [2.75, 3.05) is 10.2 Å². The normalized spacial score (nSPS) is 14.4. The fraction of sp³-hybridized carbons (Fsp3) is 0.229. The maximum atomic E-state index is 9.90. The first-order valence-corrected chi connectivity index (χ1v) is 31.7. The number of nitrogens with one attached hydrogen (secondary N) is 1. The highest BCUT2D eigenvalue weighted by Crippen LogP contribution is 2.53. The molecular weight excluding hydrogens is 1060 g/mol. The summed E-state index contributed by atoms with van der Waals surface area (Å²) in [5.74, 6) is 2.28. The van der Waals surface area contributed by atoms with E-state index in [1.807, 2.05) is 36.4 Å². The van der Waals surface area contributed by atoms with Gasteiger partial charge in [0.25, 0.3) is 0 Å². The molecule has 0 spiro atoms. The summed E-state index contributed by atoms with van der Waals surface area (Å²) in [4.78, 5) is 2.53. The number of furan rings is 1. The number of anilines is 5. The minimum absolute atomic E-state index is 0.301. The lowest BCUT2D eigenvalue weighted by Gasteiger charge is -2.30. The van der Waals surface area contributed by atoms with Crippen LogP contribution in [0.25, 0.3) is 72.1 Å². The van der Waals surface area contributed by atoms with Crippen molar-refractivity contribution < 1.29 is 9.52 Å². The van der Waals surface area contributed by atoms with Gasteiger partial charge in [-0.25, -0.2) is 0 Å². The lowest BCUT2D eigenvalue weighted by atomic mass is 9.82. The number of benzene rings is 10. The molecule has 2 N–H and O–H groups in total. The van der Waals surface area contributed by atoms with Crippen LogP contribution in [-0.2, 0) is 6.42 Å². The van der Waals surface area contributed by atoms with E-state index in [0.717, 1.165) is 62.5 Å². The average Bonchev–Trinajstić information content (AvgIpc) is 1.34. The molecule has 1 aromatic heterocycles. The standard InChI is InChI=1S/C63H62N2O.C20H20O/c1-7-44-17-8-9-18-45(44)19-14-15-24-50-43(6)66-63-53(50)25-16-26-59(63)65(49-30-28-40(3)42(5)36-49)60-38-57(47-22-12-13-23-47)52-31-33-54-58(64-48-29-27-39(2)41(4)35-48)37-56(46-20-10-11-21-46)51-32-34-55(60)62(52)61(51)54;1-4-5-12-20(16(3)21)18-11-8-10-17(14-18)19-13-7-6-9-15(19)2/h8-9,14-19,24-38,46-47,64H,7,10-13,20-23H2,1-6H3;4-14,21H,1H2,2-3H3/b19-14+,24-15-;12-5-,20-16-. The summed E-state index contributed by atoms with van der Waals surface area (Å²) in [6.07, 6.45) is 25.3. The lowest BCUT2D eigenvalue weighted by molar-refractivity contribution is 0.417. The molecule has 0 aliphatic heterocycles. The SMILES string of the molecule is C=C/C=C\C(=C(/C)O)c1cccc(-c2ccccc2C)c1.CCc1ccccc1/C=C/C=C\c1c(C)oc2c(N(c3ccc(C)c(C)c3)c3cc(C4CCCC4)c4ccc5c(Nc6ccc(C)c(C)c6)cc(C6CCCC6)c6ccc3c4c56)cccc12. The zero-order valence-electron chi connectivity index (χ0n) is 52.2. The Kier molecular flexibility index (Phi) is 17.0. The van der Waals surface area contributed by atoms with Crippen molar-refractivity contribution in [2.24, 2.45) is 0 Å². The van der Waals surface area contributed by atoms with Crippen LogP contribution >= 0.6 is 0 Å². The molecule has 0 amide bonds. The average molecular weight is 1140 g/mol. The van der Waals surface area contributed by atoms with Gasteiger partial charge in [-0.15, -0.1) is 0 Å². The molecule has 2 aliphatic carbocycles. The van der Waals surface area contributed by atoms with Crippen LogP contribution in [0.2, 0.25) is 0 Å². The molecule has 2 fully saturated rings. The van der Waals surface area contributed by atoms with Gasteiger partial charge in [-0.05, 0) is 229 Å². The van der Waals surface area contributed by atoms with Gasteiger partial charge in [-0.1, -0.05) is 197 Å². The van der Waals surface area contributed by atoms with Crippen LogP contribution in [0.5, 0.6) is 0 Å². The molecule has 0 unspecified atom stereocenters. The van der Waals surface area contributed by atoms with Crippen molar-refractivity contribution in [2.45, 2.75) is 125 Å². The first-order chi connectivity index (χ1) is 42.4. The van der Waals surface area contributed by atoms with E-state index in [9.17, 15) is 5.11 Å². The van der Waals surface area contributed by atoms with E-state index in [1.54, 1.807) is 13.0 Å². The summed E-state index contributed by atoms with van der Waals surface area (Å²) < 4.78 is 6.95. The van der Waals surface area contributed by atoms with Gasteiger partial charge in [0.2, 0.25) is 0 Å². The smallest absolute Gasteiger partial charge is 0.158 e. The Morgan fingerprint density at radius 2 is 1.22 bits per heavy atom. The van der Waals surface area contributed by atoms with Crippen molar-refractivity contribution in [1.29, 1.82) is 0 Å². The highest BCUT2D eigenvalue weighted by Gasteiger charge is 2.30. The van der Waals surface area contributed by atoms with Crippen LogP contribution in [0.4, 0.5) is 28.4 Å². The number of aliphatic hydroxyl groups excluding tert-OH is 1. The molecule has 2 saturated carbocycles. The molecular formula is C83H82N2O2. The van der Waals surface area contributed by atoms with Crippen LogP contribution in [0.1, 0.15) is 144 Å². The molecule has 436 valence electrons. The maximum Gasteiger partial charge on any atom is 0.158 e. The molecule has 0 radical (unpaired) electrons. The van der Waals surface area contributed by atoms with Gasteiger partial charge in [0.1, 0.15) is 5.76 Å². The topological polar surface area (TPSA) is 48.6 Å². The number of hydrogen-bond acceptors (Lipinski definition) is 4. The van der Waals surface area contributed by atoms with Gasteiger partial charge in [0.15, 0.2) is 5.58 Å². The first kappa shape index (κ1) is 58.3. The second kappa shape index (κ2) is 25.5. The number of fused-ring (bicyclic) bond motifs is 1. The quantitative estimate of drug-likeness (QED) is 0.0610. The van der Waals surface area contributed by atoms with E-state index in [-0.39, 0.29) is 0 Å². The first-order valence-electron chi connectivity index (χ1n) is 31.7. The predicted molar refractivity (Wildman–Crippen MR) is 375 cm³/mol. The molecule has 4 nitrogen and oxygen atoms in total. The highest BCUT2D eigenvalue weighted by molar-refractivity contribution is 6.29. The summed E-state index contributed by atoms with van der Waals surface area (Å²) in [5.41, 5.74) is 24.0. The number of para-hydroxylation sites is 1. The fourth-order valence-corrected chi connectivity index (χ4v) is 14.0. The number of rotatable bonds is 15. The molecule has 0 bridgehead atoms. The Bertz CT molecular complexity index is 4480. The van der Waals surface area contributed by atoms with E-state index in [1.165, 1.54) is 151 Å². The molecule has 4 heteroatoms. The van der Waals surface area contributed by atoms with Crippen LogP contribution in [0, 0.1) is 41.5 Å². The largest absolute Gasteiger partial charge is 0.512 e. The zero-order valence-corrected chi connectivity index (χ0v) is 52.2. The van der Waals surface area contributed by atoms with E-state index < -0.39 is 0 Å². The van der Waals surface area contributed by atoms with Gasteiger partial charge < -0.3 is 19.7 Å². The van der Waals surface area contributed by atoms with Gasteiger partial charge >= 0.3 is 0 Å². The van der Waals surface area contributed by atoms with E-state index in [4.69, 9.17) is 4.42 Å². The summed E-state index contributed by atoms with van der Waals surface area (Å²) in [6.45, 7) is 20.7. The molecule has 0 saturated heterocycles. The van der Waals surface area contributed by atoms with Crippen molar-refractivity contribution in [1.82, 2.24) is 0 Å². The Morgan fingerprint density at radius 3 is 1.92 bits per heavy atom. The summed E-state index contributed by atoms with van der Waals surface area (Å²) >= 11 is 0. The molecule has 2 aliphatic rings. The molecule has 13 rings (SSSR count). The van der Waals surface area contributed by atoms with Gasteiger partial charge in [0, 0.05) is 44.4 Å². The summed E-state index contributed by atoms with van der Waals surface area (Å²) in [6, 6.07) is 60.6. The fourth-order valence-electron chi connectivity index (χ4n) is 14.0. The molecule has 87 heavy (non-hydrogen) atoms. The Balaban J connectivity index is 0.000000298. The van der Waals surface area contributed by atoms with Gasteiger partial charge in [-0.3, -0.25) is 0 Å². The zero-order chi connectivity index (χ0) is 60.3. The third-order valence-electron chi connectivity index (χ3n) is 19.0. The molecule has 10 aromatic carbocycles. The summed E-state index contributed by atoms with van der Waals surface area (Å²) in [7, 11) is 0. The number of hydrogen-bond donors (Lipinski definition) is 2. The van der Waals surface area contributed by atoms with Gasteiger partial charge in [0.05, 0.1) is 17.1 Å². The van der Waals surface area contributed by atoms with E-state index in [2.05, 4.69) is 229 Å². The third-order valence-corrected chi connectivity index (χ3v) is 19.0. The Hall–Kier alpha value is -9.12. The third kappa shape index (κ3) is 11.7. The number of aliphatic hydroxyl groups is 1. The van der Waals surface area contributed by atoms with Crippen molar-refractivity contribution in [3.63, 3.8) is 0 Å².